The monoisotopic (exact) mass is 277 g/mol. The van der Waals surface area contributed by atoms with Gasteiger partial charge in [0.15, 0.2) is 0 Å². The van der Waals surface area contributed by atoms with Crippen LogP contribution in [0.15, 0.2) is 24.3 Å². The molecular formula is C15H23N3O2. The van der Waals surface area contributed by atoms with E-state index in [9.17, 15) is 9.59 Å². The second kappa shape index (κ2) is 7.65. The molecule has 5 nitrogen and oxygen atoms in total. The van der Waals surface area contributed by atoms with Crippen molar-refractivity contribution in [1.82, 2.24) is 10.2 Å². The van der Waals surface area contributed by atoms with Gasteiger partial charge < -0.3 is 10.6 Å². The lowest BCUT2D eigenvalue weighted by Gasteiger charge is -2.20. The number of nitrogens with one attached hydrogen (secondary N) is 2. The average Bonchev–Trinajstić information content (AvgIpc) is 2.40. The summed E-state index contributed by atoms with van der Waals surface area (Å²) in [6.45, 7) is 4.44. The number of carbonyl (C=O) groups excluding carboxylic acids is 2. The maximum absolute atomic E-state index is 11.8. The molecular weight excluding hydrogens is 254 g/mol. The maximum atomic E-state index is 11.8. The van der Waals surface area contributed by atoms with Crippen molar-refractivity contribution in [3.05, 3.63) is 29.8 Å². The van der Waals surface area contributed by atoms with Gasteiger partial charge in [0.25, 0.3) is 0 Å². The summed E-state index contributed by atoms with van der Waals surface area (Å²) in [6, 6.07) is 7.64. The topological polar surface area (TPSA) is 61.4 Å². The van der Waals surface area contributed by atoms with Crippen LogP contribution in [0.1, 0.15) is 19.4 Å². The predicted molar refractivity (Wildman–Crippen MR) is 80.6 cm³/mol. The van der Waals surface area contributed by atoms with Crippen LogP contribution in [0.3, 0.4) is 0 Å². The lowest BCUT2D eigenvalue weighted by Crippen LogP contribution is -2.34. The van der Waals surface area contributed by atoms with Crippen molar-refractivity contribution < 1.29 is 9.59 Å². The molecule has 1 aromatic carbocycles. The number of nitrogens with zero attached hydrogens (tertiary/aromatic N) is 1. The Bertz CT molecular complexity index is 455. The first-order valence-electron chi connectivity index (χ1n) is 6.72. The molecule has 0 saturated heterocycles. The zero-order valence-corrected chi connectivity index (χ0v) is 12.6. The van der Waals surface area contributed by atoms with E-state index in [4.69, 9.17) is 0 Å². The molecule has 0 heterocycles. The molecule has 0 aromatic heterocycles. The van der Waals surface area contributed by atoms with Gasteiger partial charge in [0.1, 0.15) is 0 Å². The van der Waals surface area contributed by atoms with Crippen molar-refractivity contribution in [2.24, 2.45) is 0 Å². The Labute approximate surface area is 120 Å². The third-order valence-corrected chi connectivity index (χ3v) is 3.16. The standard InChI is InChI=1S/C15H23N3O2/c1-11(2)18(4)10-15(20)17-13-7-5-12(6-8-13)9-14(19)16-3/h5-8,11H,9-10H2,1-4H3,(H,16,19)(H,17,20). The number of anilines is 1. The highest BCUT2D eigenvalue weighted by Crippen LogP contribution is 2.10. The van der Waals surface area contributed by atoms with Gasteiger partial charge in [0.05, 0.1) is 13.0 Å². The number of amides is 2. The van der Waals surface area contributed by atoms with E-state index in [0.717, 1.165) is 11.3 Å². The Balaban J connectivity index is 2.53. The molecule has 0 spiro atoms. The van der Waals surface area contributed by atoms with Crippen LogP contribution in [-0.4, -0.2) is 43.4 Å². The second-order valence-corrected chi connectivity index (χ2v) is 5.10. The van der Waals surface area contributed by atoms with Crippen molar-refractivity contribution in [1.29, 1.82) is 0 Å². The van der Waals surface area contributed by atoms with Gasteiger partial charge >= 0.3 is 0 Å². The van der Waals surface area contributed by atoms with Crippen molar-refractivity contribution in [2.75, 3.05) is 26.0 Å². The number of carbonyl (C=O) groups is 2. The van der Waals surface area contributed by atoms with Gasteiger partial charge in [-0.2, -0.15) is 0 Å². The number of hydrogen-bond donors (Lipinski definition) is 2. The second-order valence-electron chi connectivity index (χ2n) is 5.10. The summed E-state index contributed by atoms with van der Waals surface area (Å²) in [5.74, 6) is -0.0689. The lowest BCUT2D eigenvalue weighted by atomic mass is 10.1. The molecule has 0 unspecified atom stereocenters. The average molecular weight is 277 g/mol. The SMILES string of the molecule is CNC(=O)Cc1ccc(NC(=O)CN(C)C(C)C)cc1. The van der Waals surface area contributed by atoms with Crippen molar-refractivity contribution >= 4 is 17.5 Å². The minimum absolute atomic E-state index is 0.0275. The van der Waals surface area contributed by atoms with Gasteiger partial charge in [-0.1, -0.05) is 12.1 Å². The molecule has 0 atom stereocenters. The van der Waals surface area contributed by atoms with E-state index < -0.39 is 0 Å². The molecule has 2 amide bonds. The third-order valence-electron chi connectivity index (χ3n) is 3.16. The van der Waals surface area contributed by atoms with Crippen molar-refractivity contribution in [2.45, 2.75) is 26.3 Å². The van der Waals surface area contributed by atoms with Crippen LogP contribution in [0, 0.1) is 0 Å². The molecule has 5 heteroatoms. The van der Waals surface area contributed by atoms with E-state index in [1.807, 2.05) is 50.1 Å². The van der Waals surface area contributed by atoms with Crippen LogP contribution in [0.25, 0.3) is 0 Å². The zero-order valence-electron chi connectivity index (χ0n) is 12.6. The normalized spacial score (nSPS) is 10.7. The van der Waals surface area contributed by atoms with E-state index in [0.29, 0.717) is 19.0 Å². The van der Waals surface area contributed by atoms with Crippen LogP contribution in [0.4, 0.5) is 5.69 Å². The van der Waals surface area contributed by atoms with Crippen LogP contribution >= 0.6 is 0 Å². The fourth-order valence-electron chi connectivity index (χ4n) is 1.59. The molecule has 0 radical (unpaired) electrons. The molecule has 0 bridgehead atoms. The first kappa shape index (κ1) is 16.2. The smallest absolute Gasteiger partial charge is 0.238 e. The summed E-state index contributed by atoms with van der Waals surface area (Å²) >= 11 is 0. The van der Waals surface area contributed by atoms with E-state index in [2.05, 4.69) is 10.6 Å². The van der Waals surface area contributed by atoms with Gasteiger partial charge in [0, 0.05) is 18.8 Å². The minimum atomic E-state index is -0.0414. The summed E-state index contributed by atoms with van der Waals surface area (Å²) < 4.78 is 0. The number of hydrogen-bond acceptors (Lipinski definition) is 3. The summed E-state index contributed by atoms with van der Waals surface area (Å²) in [5, 5.41) is 5.42. The Morgan fingerprint density at radius 2 is 1.75 bits per heavy atom. The fraction of sp³-hybridized carbons (Fsp3) is 0.467. The van der Waals surface area contributed by atoms with Gasteiger partial charge in [-0.3, -0.25) is 14.5 Å². The molecule has 20 heavy (non-hydrogen) atoms. The van der Waals surface area contributed by atoms with Gasteiger partial charge in [-0.05, 0) is 38.6 Å². The van der Waals surface area contributed by atoms with Crippen molar-refractivity contribution in [3.63, 3.8) is 0 Å². The highest BCUT2D eigenvalue weighted by Gasteiger charge is 2.09. The summed E-state index contributed by atoms with van der Waals surface area (Å²) in [4.78, 5) is 25.0. The van der Waals surface area contributed by atoms with Crippen LogP contribution in [-0.2, 0) is 16.0 Å². The molecule has 110 valence electrons. The quantitative estimate of drug-likeness (QED) is 0.823. The number of benzene rings is 1. The Hall–Kier alpha value is -1.88. The van der Waals surface area contributed by atoms with Crippen LogP contribution in [0.2, 0.25) is 0 Å². The number of likely N-dealkylation sites (N-methyl/N-ethyl adjacent to an activating group) is 2. The number of rotatable bonds is 6. The fourth-order valence-corrected chi connectivity index (χ4v) is 1.59. The van der Waals surface area contributed by atoms with E-state index in [1.54, 1.807) is 7.05 Å². The third kappa shape index (κ3) is 5.40. The summed E-state index contributed by atoms with van der Waals surface area (Å²) in [7, 11) is 3.53. The molecule has 1 rings (SSSR count). The maximum Gasteiger partial charge on any atom is 0.238 e. The molecule has 0 aliphatic carbocycles. The molecule has 0 fully saturated rings. The molecule has 1 aromatic rings. The van der Waals surface area contributed by atoms with Crippen LogP contribution in [0.5, 0.6) is 0 Å². The van der Waals surface area contributed by atoms with E-state index in [-0.39, 0.29) is 11.8 Å². The lowest BCUT2D eigenvalue weighted by molar-refractivity contribution is -0.120. The van der Waals surface area contributed by atoms with Crippen LogP contribution < -0.4 is 10.6 Å². The molecule has 0 saturated carbocycles. The minimum Gasteiger partial charge on any atom is -0.359 e. The highest BCUT2D eigenvalue weighted by molar-refractivity contribution is 5.92. The highest BCUT2D eigenvalue weighted by atomic mass is 16.2. The van der Waals surface area contributed by atoms with E-state index >= 15 is 0 Å². The first-order valence-corrected chi connectivity index (χ1v) is 6.72. The predicted octanol–water partition coefficient (Wildman–Crippen LogP) is 1.25. The Kier molecular flexibility index (Phi) is 6.18. The van der Waals surface area contributed by atoms with E-state index in [1.165, 1.54) is 0 Å². The summed E-state index contributed by atoms with van der Waals surface area (Å²) in [6.07, 6.45) is 0.348. The van der Waals surface area contributed by atoms with Crippen molar-refractivity contribution in [3.8, 4) is 0 Å². The molecule has 0 aliphatic heterocycles. The first-order chi connectivity index (χ1) is 9.42. The van der Waals surface area contributed by atoms with Gasteiger partial charge in [0.2, 0.25) is 11.8 Å². The Morgan fingerprint density at radius 1 is 1.15 bits per heavy atom. The molecule has 2 N–H and O–H groups in total. The van der Waals surface area contributed by atoms with Gasteiger partial charge in [-0.15, -0.1) is 0 Å². The molecule has 0 aliphatic rings. The zero-order chi connectivity index (χ0) is 15.1. The van der Waals surface area contributed by atoms with Gasteiger partial charge in [-0.25, -0.2) is 0 Å². The summed E-state index contributed by atoms with van der Waals surface area (Å²) in [5.41, 5.74) is 1.66. The Morgan fingerprint density at radius 3 is 2.25 bits per heavy atom. The largest absolute Gasteiger partial charge is 0.359 e.